The van der Waals surface area contributed by atoms with E-state index in [0.717, 1.165) is 12.8 Å². The van der Waals surface area contributed by atoms with Crippen molar-refractivity contribution in [3.63, 3.8) is 0 Å². The zero-order valence-electron chi connectivity index (χ0n) is 10.4. The zero-order chi connectivity index (χ0) is 13.0. The minimum atomic E-state index is -3.44. The Morgan fingerprint density at radius 1 is 1.33 bits per heavy atom. The molecule has 0 aromatic carbocycles. The summed E-state index contributed by atoms with van der Waals surface area (Å²) >= 11 is 0. The fourth-order valence-electron chi connectivity index (χ4n) is 2.37. The van der Waals surface area contributed by atoms with Gasteiger partial charge in [0.15, 0.2) is 0 Å². The highest BCUT2D eigenvalue weighted by molar-refractivity contribution is 7.89. The molecule has 5 nitrogen and oxygen atoms in total. The summed E-state index contributed by atoms with van der Waals surface area (Å²) in [6.45, 7) is 0.333. The Morgan fingerprint density at radius 3 is 2.67 bits per heavy atom. The molecule has 0 atom stereocenters. The van der Waals surface area contributed by atoms with Gasteiger partial charge in [0.1, 0.15) is 0 Å². The van der Waals surface area contributed by atoms with Crippen molar-refractivity contribution in [1.82, 2.24) is 9.71 Å². The van der Waals surface area contributed by atoms with Gasteiger partial charge in [-0.1, -0.05) is 19.3 Å². The highest BCUT2D eigenvalue weighted by Crippen LogP contribution is 2.23. The van der Waals surface area contributed by atoms with Crippen molar-refractivity contribution in [2.75, 3.05) is 6.54 Å². The second-order valence-electron chi connectivity index (χ2n) is 4.87. The quantitative estimate of drug-likeness (QED) is 0.757. The van der Waals surface area contributed by atoms with Crippen LogP contribution in [-0.4, -0.2) is 25.1 Å². The molecular weight excluding hydrogens is 252 g/mol. The molecule has 2 rings (SSSR count). The van der Waals surface area contributed by atoms with Gasteiger partial charge < -0.3 is 10.1 Å². The molecular formula is C12H20N2O3S. The second-order valence-corrected chi connectivity index (χ2v) is 6.64. The van der Waals surface area contributed by atoms with Crippen LogP contribution >= 0.6 is 0 Å². The molecule has 0 bridgehead atoms. The summed E-state index contributed by atoms with van der Waals surface area (Å²) in [4.78, 5) is 2.93. The van der Waals surface area contributed by atoms with E-state index in [1.165, 1.54) is 31.5 Å². The van der Waals surface area contributed by atoms with E-state index in [1.54, 1.807) is 0 Å². The minimum Gasteiger partial charge on any atom is -0.390 e. The van der Waals surface area contributed by atoms with Gasteiger partial charge in [0, 0.05) is 18.4 Å². The SMILES string of the molecule is O=S(=O)(NCC1CCCCC1)c1c[nH]c(CO)c1. The van der Waals surface area contributed by atoms with E-state index in [0.29, 0.717) is 18.2 Å². The van der Waals surface area contributed by atoms with Gasteiger partial charge in [-0.3, -0.25) is 0 Å². The van der Waals surface area contributed by atoms with Crippen molar-refractivity contribution in [2.24, 2.45) is 5.92 Å². The zero-order valence-corrected chi connectivity index (χ0v) is 11.2. The molecule has 0 unspecified atom stereocenters. The van der Waals surface area contributed by atoms with E-state index in [2.05, 4.69) is 9.71 Å². The van der Waals surface area contributed by atoms with Crippen molar-refractivity contribution in [3.8, 4) is 0 Å². The Hall–Kier alpha value is -0.850. The number of aliphatic hydroxyl groups excluding tert-OH is 1. The fourth-order valence-corrected chi connectivity index (χ4v) is 3.50. The van der Waals surface area contributed by atoms with Crippen molar-refractivity contribution in [3.05, 3.63) is 18.0 Å². The molecule has 3 N–H and O–H groups in total. The predicted molar refractivity (Wildman–Crippen MR) is 68.5 cm³/mol. The first-order chi connectivity index (χ1) is 8.62. The number of H-pyrrole nitrogens is 1. The van der Waals surface area contributed by atoms with Crippen molar-refractivity contribution >= 4 is 10.0 Å². The Labute approximate surface area is 108 Å². The van der Waals surface area contributed by atoms with Crippen molar-refractivity contribution in [1.29, 1.82) is 0 Å². The first-order valence-corrected chi connectivity index (χ1v) is 7.88. The summed E-state index contributed by atoms with van der Waals surface area (Å²) in [5.74, 6) is 0.463. The summed E-state index contributed by atoms with van der Waals surface area (Å²) in [6.07, 6.45) is 7.29. The predicted octanol–water partition coefficient (Wildman–Crippen LogP) is 1.37. The lowest BCUT2D eigenvalue weighted by molar-refractivity contribution is 0.277. The Balaban J connectivity index is 1.94. The van der Waals surface area contributed by atoms with E-state index in [4.69, 9.17) is 5.11 Å². The van der Waals surface area contributed by atoms with E-state index in [9.17, 15) is 8.42 Å². The fraction of sp³-hybridized carbons (Fsp3) is 0.667. The molecule has 0 radical (unpaired) electrons. The Morgan fingerprint density at radius 2 is 2.06 bits per heavy atom. The molecule has 102 valence electrons. The summed E-state index contributed by atoms with van der Waals surface area (Å²) < 4.78 is 26.6. The number of sulfonamides is 1. The lowest BCUT2D eigenvalue weighted by Crippen LogP contribution is -2.30. The molecule has 0 saturated heterocycles. The molecule has 1 heterocycles. The van der Waals surface area contributed by atoms with E-state index >= 15 is 0 Å². The molecule has 6 heteroatoms. The standard InChI is InChI=1S/C12H20N2O3S/c15-9-11-6-12(8-13-11)18(16,17)14-7-10-4-2-1-3-5-10/h6,8,10,13-15H,1-5,7,9H2. The molecule has 0 amide bonds. The lowest BCUT2D eigenvalue weighted by Gasteiger charge is -2.21. The maximum atomic E-state index is 12.0. The average Bonchev–Trinajstić information content (AvgIpc) is 2.87. The van der Waals surface area contributed by atoms with Gasteiger partial charge in [-0.25, -0.2) is 13.1 Å². The highest BCUT2D eigenvalue weighted by Gasteiger charge is 2.19. The lowest BCUT2D eigenvalue weighted by atomic mass is 9.90. The van der Waals surface area contributed by atoms with Crippen LogP contribution in [0.25, 0.3) is 0 Å². The summed E-state index contributed by atoms with van der Waals surface area (Å²) in [5, 5.41) is 8.90. The van der Waals surface area contributed by atoms with Crippen molar-refractivity contribution < 1.29 is 13.5 Å². The molecule has 18 heavy (non-hydrogen) atoms. The maximum Gasteiger partial charge on any atom is 0.242 e. The third kappa shape index (κ3) is 3.34. The number of aromatic amines is 1. The monoisotopic (exact) mass is 272 g/mol. The highest BCUT2D eigenvalue weighted by atomic mass is 32.2. The number of hydrogen-bond donors (Lipinski definition) is 3. The van der Waals surface area contributed by atoms with Gasteiger partial charge in [-0.15, -0.1) is 0 Å². The van der Waals surface area contributed by atoms with Crippen LogP contribution in [0.3, 0.4) is 0 Å². The number of aliphatic hydroxyl groups is 1. The number of aromatic nitrogens is 1. The van der Waals surface area contributed by atoms with Crippen LogP contribution in [0.5, 0.6) is 0 Å². The molecule has 0 spiro atoms. The van der Waals surface area contributed by atoms with Crippen LogP contribution in [0, 0.1) is 5.92 Å². The first-order valence-electron chi connectivity index (χ1n) is 6.39. The van der Waals surface area contributed by atoms with Crippen LogP contribution in [0.15, 0.2) is 17.2 Å². The van der Waals surface area contributed by atoms with Crippen LogP contribution in [0.4, 0.5) is 0 Å². The van der Waals surface area contributed by atoms with Gasteiger partial charge in [0.2, 0.25) is 10.0 Å². The van der Waals surface area contributed by atoms with Crippen LogP contribution in [0.2, 0.25) is 0 Å². The maximum absolute atomic E-state index is 12.0. The number of rotatable bonds is 5. The van der Waals surface area contributed by atoms with Gasteiger partial charge in [-0.2, -0.15) is 0 Å². The summed E-state index contributed by atoms with van der Waals surface area (Å²) in [7, 11) is -3.44. The largest absolute Gasteiger partial charge is 0.390 e. The van der Waals surface area contributed by atoms with Crippen LogP contribution in [0.1, 0.15) is 37.8 Å². The Bertz CT molecular complexity index is 475. The van der Waals surface area contributed by atoms with Crippen molar-refractivity contribution in [2.45, 2.75) is 43.6 Å². The van der Waals surface area contributed by atoms with E-state index < -0.39 is 10.0 Å². The van der Waals surface area contributed by atoms with Crippen LogP contribution in [-0.2, 0) is 16.6 Å². The topological polar surface area (TPSA) is 82.2 Å². The molecule has 1 aliphatic rings. The molecule has 1 aromatic rings. The normalized spacial score (nSPS) is 18.1. The summed E-state index contributed by atoms with van der Waals surface area (Å²) in [6, 6.07) is 1.46. The first kappa shape index (κ1) is 13.6. The summed E-state index contributed by atoms with van der Waals surface area (Å²) in [5.41, 5.74) is 0.507. The van der Waals surface area contributed by atoms with Crippen LogP contribution < -0.4 is 4.72 Å². The van der Waals surface area contributed by atoms with Gasteiger partial charge >= 0.3 is 0 Å². The number of nitrogens with one attached hydrogen (secondary N) is 2. The third-order valence-electron chi connectivity index (χ3n) is 3.48. The molecule has 1 aromatic heterocycles. The van der Waals surface area contributed by atoms with Gasteiger partial charge in [-0.05, 0) is 24.8 Å². The van der Waals surface area contributed by atoms with E-state index in [-0.39, 0.29) is 11.5 Å². The molecule has 0 aliphatic heterocycles. The molecule has 1 aliphatic carbocycles. The van der Waals surface area contributed by atoms with Gasteiger partial charge in [0.25, 0.3) is 0 Å². The van der Waals surface area contributed by atoms with E-state index in [1.807, 2.05) is 0 Å². The average molecular weight is 272 g/mol. The van der Waals surface area contributed by atoms with Gasteiger partial charge in [0.05, 0.1) is 11.5 Å². The molecule has 1 saturated carbocycles. The second kappa shape index (κ2) is 5.86. The third-order valence-corrected chi connectivity index (χ3v) is 4.89. The number of hydrogen-bond acceptors (Lipinski definition) is 3. The smallest absolute Gasteiger partial charge is 0.242 e. The minimum absolute atomic E-state index is 0.182. The Kier molecular flexibility index (Phi) is 4.42. The molecule has 1 fully saturated rings.